The number of aromatic nitrogens is 1. The highest BCUT2D eigenvalue weighted by Crippen LogP contribution is 2.26. The highest BCUT2D eigenvalue weighted by atomic mass is 32.2. The minimum absolute atomic E-state index is 0.000542. The zero-order valence-electron chi connectivity index (χ0n) is 16.8. The van der Waals surface area contributed by atoms with Crippen LogP contribution in [0.15, 0.2) is 75.6 Å². The number of esters is 1. The van der Waals surface area contributed by atoms with Crippen LogP contribution in [0.4, 0.5) is 5.69 Å². The normalized spacial score (nSPS) is 11.2. The van der Waals surface area contributed by atoms with E-state index in [-0.39, 0.29) is 17.1 Å². The Morgan fingerprint density at radius 3 is 2.62 bits per heavy atom. The van der Waals surface area contributed by atoms with E-state index in [0.29, 0.717) is 17.1 Å². The van der Waals surface area contributed by atoms with E-state index in [1.54, 1.807) is 35.6 Å². The second-order valence-electron chi connectivity index (χ2n) is 6.59. The van der Waals surface area contributed by atoms with Gasteiger partial charge in [-0.15, -0.1) is 11.3 Å². The molecular weight excluding hydrogens is 468 g/mol. The summed E-state index contributed by atoms with van der Waals surface area (Å²) in [6.45, 7) is 0.000542. The van der Waals surface area contributed by atoms with E-state index in [0.717, 1.165) is 10.6 Å². The van der Waals surface area contributed by atoms with Crippen LogP contribution in [0.5, 0.6) is 5.75 Å². The number of benzene rings is 2. The Labute approximate surface area is 193 Å². The van der Waals surface area contributed by atoms with E-state index in [1.165, 1.54) is 42.7 Å². The molecule has 0 atom stereocenters. The van der Waals surface area contributed by atoms with Crippen molar-refractivity contribution in [2.75, 3.05) is 11.8 Å². The third kappa shape index (κ3) is 5.16. The Hall–Kier alpha value is -3.21. The first-order chi connectivity index (χ1) is 15.4. The van der Waals surface area contributed by atoms with Gasteiger partial charge < -0.3 is 9.47 Å². The van der Waals surface area contributed by atoms with Gasteiger partial charge >= 0.3 is 5.97 Å². The van der Waals surface area contributed by atoms with Gasteiger partial charge in [-0.2, -0.15) is 11.3 Å². The molecule has 0 aliphatic carbocycles. The van der Waals surface area contributed by atoms with Gasteiger partial charge in [0.05, 0.1) is 23.3 Å². The minimum atomic E-state index is -3.89. The molecule has 4 aromatic rings. The molecule has 0 spiro atoms. The van der Waals surface area contributed by atoms with Crippen molar-refractivity contribution in [1.82, 2.24) is 4.98 Å². The molecule has 4 rings (SSSR count). The molecule has 2 aromatic heterocycles. The standard InChI is InChI=1S/C22H18N2O5S3/c1-28-19-7-5-17(6-8-19)24-32(26,27)20-4-2-3-15(11-20)22(25)29-12-18-14-31-21(23-18)16-9-10-30-13-16/h2-11,13-14,24H,12H2,1H3. The molecule has 32 heavy (non-hydrogen) atoms. The summed E-state index contributed by atoms with van der Waals surface area (Å²) < 4.78 is 38.3. The van der Waals surface area contributed by atoms with E-state index in [2.05, 4.69) is 9.71 Å². The molecule has 0 bridgehead atoms. The molecule has 0 aliphatic rings. The van der Waals surface area contributed by atoms with Gasteiger partial charge in [-0.3, -0.25) is 4.72 Å². The number of ether oxygens (including phenoxy) is 2. The van der Waals surface area contributed by atoms with Gasteiger partial charge in [0.1, 0.15) is 17.4 Å². The van der Waals surface area contributed by atoms with Gasteiger partial charge in [-0.25, -0.2) is 18.2 Å². The lowest BCUT2D eigenvalue weighted by Gasteiger charge is -2.10. The minimum Gasteiger partial charge on any atom is -0.497 e. The van der Waals surface area contributed by atoms with Crippen molar-refractivity contribution in [3.05, 3.63) is 82.0 Å². The van der Waals surface area contributed by atoms with Crippen LogP contribution in [0.2, 0.25) is 0 Å². The molecule has 0 saturated heterocycles. The van der Waals surface area contributed by atoms with Gasteiger partial charge in [0.15, 0.2) is 0 Å². The molecule has 0 amide bonds. The van der Waals surface area contributed by atoms with Gasteiger partial charge in [0.25, 0.3) is 10.0 Å². The summed E-state index contributed by atoms with van der Waals surface area (Å²) >= 11 is 3.06. The molecule has 0 radical (unpaired) electrons. The van der Waals surface area contributed by atoms with E-state index in [9.17, 15) is 13.2 Å². The van der Waals surface area contributed by atoms with Crippen molar-refractivity contribution in [1.29, 1.82) is 0 Å². The molecule has 2 aromatic carbocycles. The third-order valence-electron chi connectivity index (χ3n) is 4.39. The number of hydrogen-bond acceptors (Lipinski definition) is 8. The summed E-state index contributed by atoms with van der Waals surface area (Å²) in [7, 11) is -2.36. The molecule has 0 unspecified atom stereocenters. The van der Waals surface area contributed by atoms with E-state index < -0.39 is 16.0 Å². The summed E-state index contributed by atoms with van der Waals surface area (Å²) in [5, 5.41) is 6.66. The second kappa shape index (κ2) is 9.51. The molecule has 1 N–H and O–H groups in total. The third-order valence-corrected chi connectivity index (χ3v) is 7.40. The highest BCUT2D eigenvalue weighted by molar-refractivity contribution is 7.92. The average Bonchev–Trinajstić information content (AvgIpc) is 3.50. The maximum Gasteiger partial charge on any atom is 0.338 e. The predicted octanol–water partition coefficient (Wildman–Crippen LogP) is 5.04. The summed E-state index contributed by atoms with van der Waals surface area (Å²) in [4.78, 5) is 16.9. The first kappa shape index (κ1) is 22.0. The number of thiazole rings is 1. The number of carbonyl (C=O) groups is 1. The second-order valence-corrected chi connectivity index (χ2v) is 9.91. The van der Waals surface area contributed by atoms with Crippen LogP contribution in [0.3, 0.4) is 0 Å². The number of hydrogen-bond donors (Lipinski definition) is 1. The number of methoxy groups -OCH3 is 1. The first-order valence-electron chi connectivity index (χ1n) is 9.35. The zero-order chi connectivity index (χ0) is 22.6. The quantitative estimate of drug-likeness (QED) is 0.351. The fourth-order valence-corrected chi connectivity index (χ4v) is 5.40. The fraction of sp³-hybridized carbons (Fsp3) is 0.0909. The summed E-state index contributed by atoms with van der Waals surface area (Å²) in [6, 6.07) is 14.2. The number of thiophene rings is 1. The first-order valence-corrected chi connectivity index (χ1v) is 12.7. The summed E-state index contributed by atoms with van der Waals surface area (Å²) in [5.74, 6) is -0.0168. The molecular formula is C22H18N2O5S3. The molecule has 0 aliphatic heterocycles. The molecule has 0 saturated carbocycles. The monoisotopic (exact) mass is 486 g/mol. The van der Waals surface area contributed by atoms with Crippen molar-refractivity contribution in [2.45, 2.75) is 11.5 Å². The molecule has 164 valence electrons. The lowest BCUT2D eigenvalue weighted by Crippen LogP contribution is -2.14. The van der Waals surface area contributed by atoms with Gasteiger partial charge in [-0.1, -0.05) is 6.07 Å². The Morgan fingerprint density at radius 1 is 1.09 bits per heavy atom. The fourth-order valence-electron chi connectivity index (χ4n) is 2.78. The lowest BCUT2D eigenvalue weighted by atomic mass is 10.2. The van der Waals surface area contributed by atoms with E-state index in [4.69, 9.17) is 9.47 Å². The Morgan fingerprint density at radius 2 is 1.91 bits per heavy atom. The van der Waals surface area contributed by atoms with Crippen LogP contribution in [-0.2, 0) is 21.4 Å². The van der Waals surface area contributed by atoms with Crippen LogP contribution in [-0.4, -0.2) is 26.5 Å². The number of sulfonamides is 1. The summed E-state index contributed by atoms with van der Waals surface area (Å²) in [6.07, 6.45) is 0. The lowest BCUT2D eigenvalue weighted by molar-refractivity contribution is 0.0468. The van der Waals surface area contributed by atoms with Crippen LogP contribution in [0, 0.1) is 0 Å². The zero-order valence-corrected chi connectivity index (χ0v) is 19.3. The Bertz CT molecular complexity index is 1310. The van der Waals surface area contributed by atoms with Gasteiger partial charge in [-0.05, 0) is 53.9 Å². The maximum atomic E-state index is 12.7. The molecule has 7 nitrogen and oxygen atoms in total. The highest BCUT2D eigenvalue weighted by Gasteiger charge is 2.18. The van der Waals surface area contributed by atoms with Crippen molar-refractivity contribution >= 4 is 44.4 Å². The molecule has 2 heterocycles. The van der Waals surface area contributed by atoms with Crippen molar-refractivity contribution < 1.29 is 22.7 Å². The Balaban J connectivity index is 1.42. The maximum absolute atomic E-state index is 12.7. The summed E-state index contributed by atoms with van der Waals surface area (Å²) in [5.41, 5.74) is 2.17. The average molecular weight is 487 g/mol. The van der Waals surface area contributed by atoms with Crippen molar-refractivity contribution in [2.24, 2.45) is 0 Å². The van der Waals surface area contributed by atoms with Crippen LogP contribution in [0.25, 0.3) is 10.6 Å². The van der Waals surface area contributed by atoms with Crippen molar-refractivity contribution in [3.63, 3.8) is 0 Å². The van der Waals surface area contributed by atoms with Crippen LogP contribution < -0.4 is 9.46 Å². The number of nitrogens with one attached hydrogen (secondary N) is 1. The largest absolute Gasteiger partial charge is 0.497 e. The number of carbonyl (C=O) groups excluding carboxylic acids is 1. The van der Waals surface area contributed by atoms with E-state index in [1.807, 2.05) is 22.2 Å². The smallest absolute Gasteiger partial charge is 0.338 e. The van der Waals surface area contributed by atoms with E-state index >= 15 is 0 Å². The van der Waals surface area contributed by atoms with Crippen LogP contribution >= 0.6 is 22.7 Å². The molecule has 10 heteroatoms. The number of rotatable bonds is 8. The topological polar surface area (TPSA) is 94.6 Å². The van der Waals surface area contributed by atoms with Crippen LogP contribution in [0.1, 0.15) is 16.1 Å². The van der Waals surface area contributed by atoms with Gasteiger partial charge in [0.2, 0.25) is 0 Å². The van der Waals surface area contributed by atoms with Crippen molar-refractivity contribution in [3.8, 4) is 16.3 Å². The Kier molecular flexibility index (Phi) is 6.54. The number of anilines is 1. The molecule has 0 fully saturated rings. The number of nitrogens with zero attached hydrogens (tertiary/aromatic N) is 1. The predicted molar refractivity (Wildman–Crippen MR) is 125 cm³/mol. The SMILES string of the molecule is COc1ccc(NS(=O)(=O)c2cccc(C(=O)OCc3csc(-c4ccsc4)n3)c2)cc1. The van der Waals surface area contributed by atoms with Gasteiger partial charge in [0, 0.05) is 22.0 Å².